The molecule has 0 saturated carbocycles. The van der Waals surface area contributed by atoms with E-state index in [0.717, 1.165) is 5.56 Å². The van der Waals surface area contributed by atoms with Crippen molar-refractivity contribution in [2.24, 2.45) is 0 Å². The third-order valence-corrected chi connectivity index (χ3v) is 3.68. The fraction of sp³-hybridized carbons (Fsp3) is 0.158. The van der Waals surface area contributed by atoms with Gasteiger partial charge in [0.15, 0.2) is 17.3 Å². The molecule has 0 radical (unpaired) electrons. The topological polar surface area (TPSA) is 72.8 Å². The van der Waals surface area contributed by atoms with E-state index in [-0.39, 0.29) is 36.7 Å². The van der Waals surface area contributed by atoms with E-state index >= 15 is 0 Å². The van der Waals surface area contributed by atoms with Crippen molar-refractivity contribution in [3.05, 3.63) is 65.0 Å². The first-order valence-electron chi connectivity index (χ1n) is 7.66. The number of carbonyl (C=O) groups excluding carboxylic acids is 1. The number of benzene rings is 2. The number of rotatable bonds is 5. The molecule has 0 atom stereocenters. The van der Waals surface area contributed by atoms with Gasteiger partial charge in [-0.25, -0.2) is 4.39 Å². The molecule has 0 amide bonds. The van der Waals surface area contributed by atoms with Crippen LogP contribution in [0.2, 0.25) is 0 Å². The lowest BCUT2D eigenvalue weighted by molar-refractivity contribution is -0.137. The average molecular weight is 342 g/mol. The zero-order chi connectivity index (χ0) is 17.8. The van der Waals surface area contributed by atoms with Gasteiger partial charge in [-0.2, -0.15) is 0 Å². The number of halogens is 1. The molecule has 1 aliphatic rings. The molecule has 0 aromatic heterocycles. The molecular formula is C19H15FO5. The Kier molecular flexibility index (Phi) is 4.79. The highest BCUT2D eigenvalue weighted by Gasteiger charge is 2.25. The maximum atomic E-state index is 13.6. The maximum absolute atomic E-state index is 13.6. The van der Waals surface area contributed by atoms with Crippen molar-refractivity contribution in [3.63, 3.8) is 0 Å². The number of carboxylic acids is 1. The Bertz CT molecular complexity index is 839. The quantitative estimate of drug-likeness (QED) is 0.844. The van der Waals surface area contributed by atoms with E-state index in [4.69, 9.17) is 14.6 Å². The van der Waals surface area contributed by atoms with Crippen LogP contribution in [0.1, 0.15) is 22.3 Å². The fourth-order valence-corrected chi connectivity index (χ4v) is 2.45. The molecule has 0 aliphatic carbocycles. The molecule has 2 aromatic carbocycles. The summed E-state index contributed by atoms with van der Waals surface area (Å²) in [5, 5.41) is 8.57. The van der Waals surface area contributed by atoms with Gasteiger partial charge < -0.3 is 14.6 Å². The Labute approximate surface area is 143 Å². The molecular weight excluding hydrogens is 327 g/mol. The molecule has 1 aliphatic heterocycles. The minimum atomic E-state index is -0.922. The molecule has 0 spiro atoms. The third-order valence-electron chi connectivity index (χ3n) is 3.68. The Balaban J connectivity index is 1.73. The van der Waals surface area contributed by atoms with Crippen LogP contribution in [0.15, 0.2) is 48.0 Å². The normalized spacial score (nSPS) is 14.8. The van der Waals surface area contributed by atoms with Crippen LogP contribution in [0.5, 0.6) is 11.5 Å². The van der Waals surface area contributed by atoms with Crippen LogP contribution >= 0.6 is 0 Å². The lowest BCUT2D eigenvalue weighted by Gasteiger charge is -2.19. The van der Waals surface area contributed by atoms with E-state index in [1.807, 2.05) is 0 Å². The first kappa shape index (κ1) is 16.7. The molecule has 1 heterocycles. The standard InChI is InChI=1S/C19H15FO5/c20-16-3-1-2-15-18(23)13(11-25-19(15)16)10-12-4-6-14(7-5-12)24-9-8-17(21)22/h1-7,10H,8-9,11H2,(H,21,22). The first-order valence-corrected chi connectivity index (χ1v) is 7.66. The molecule has 0 bridgehead atoms. The van der Waals surface area contributed by atoms with Gasteiger partial charge in [0.25, 0.3) is 0 Å². The summed E-state index contributed by atoms with van der Waals surface area (Å²) in [6.07, 6.45) is 1.60. The summed E-state index contributed by atoms with van der Waals surface area (Å²) < 4.78 is 24.3. The van der Waals surface area contributed by atoms with E-state index in [0.29, 0.717) is 11.3 Å². The van der Waals surface area contributed by atoms with E-state index < -0.39 is 11.8 Å². The molecule has 6 heteroatoms. The second kappa shape index (κ2) is 7.17. The molecule has 25 heavy (non-hydrogen) atoms. The van der Waals surface area contributed by atoms with Crippen molar-refractivity contribution >= 4 is 17.8 Å². The highest BCUT2D eigenvalue weighted by Crippen LogP contribution is 2.30. The molecule has 5 nitrogen and oxygen atoms in total. The van der Waals surface area contributed by atoms with Crippen molar-refractivity contribution in [2.45, 2.75) is 6.42 Å². The van der Waals surface area contributed by atoms with E-state index in [2.05, 4.69) is 0 Å². The van der Waals surface area contributed by atoms with Gasteiger partial charge in [-0.3, -0.25) is 9.59 Å². The second-order valence-electron chi connectivity index (χ2n) is 5.47. The first-order chi connectivity index (χ1) is 12.0. The van der Waals surface area contributed by atoms with Crippen molar-refractivity contribution in [2.75, 3.05) is 13.2 Å². The molecule has 0 fully saturated rings. The van der Waals surface area contributed by atoms with Gasteiger partial charge in [0.1, 0.15) is 12.4 Å². The molecule has 0 unspecified atom stereocenters. The SMILES string of the molecule is O=C(O)CCOc1ccc(C=C2COc3c(F)cccc3C2=O)cc1. The van der Waals surface area contributed by atoms with E-state index in [9.17, 15) is 14.0 Å². The smallest absolute Gasteiger partial charge is 0.306 e. The number of hydrogen-bond donors (Lipinski definition) is 1. The zero-order valence-electron chi connectivity index (χ0n) is 13.2. The number of Topliss-reactive ketones (excluding diaryl/α,β-unsaturated/α-hetero) is 1. The fourth-order valence-electron chi connectivity index (χ4n) is 2.45. The van der Waals surface area contributed by atoms with Gasteiger partial charge in [0, 0.05) is 5.57 Å². The lowest BCUT2D eigenvalue weighted by Crippen LogP contribution is -2.19. The lowest BCUT2D eigenvalue weighted by atomic mass is 9.98. The molecule has 1 N–H and O–H groups in total. The van der Waals surface area contributed by atoms with Crippen LogP contribution in [0.4, 0.5) is 4.39 Å². The number of carboxylic acid groups (broad SMARTS) is 1. The Morgan fingerprint density at radius 1 is 1.24 bits per heavy atom. The number of aliphatic carboxylic acids is 1. The van der Waals surface area contributed by atoms with Crippen molar-refractivity contribution in [3.8, 4) is 11.5 Å². The number of ether oxygens (including phenoxy) is 2. The average Bonchev–Trinajstić information content (AvgIpc) is 2.59. The summed E-state index contributed by atoms with van der Waals surface area (Å²) in [4.78, 5) is 22.9. The molecule has 2 aromatic rings. The predicted octanol–water partition coefficient (Wildman–Crippen LogP) is 3.34. The number of fused-ring (bicyclic) bond motifs is 1. The van der Waals surface area contributed by atoms with Crippen LogP contribution in [-0.2, 0) is 4.79 Å². The van der Waals surface area contributed by atoms with Crippen molar-refractivity contribution < 1.29 is 28.6 Å². The molecule has 0 saturated heterocycles. The van der Waals surface area contributed by atoms with Crippen molar-refractivity contribution in [1.82, 2.24) is 0 Å². The summed E-state index contributed by atoms with van der Waals surface area (Å²) in [5.41, 5.74) is 1.40. The number of para-hydroxylation sites is 1. The minimum Gasteiger partial charge on any atom is -0.493 e. The van der Waals surface area contributed by atoms with Crippen molar-refractivity contribution in [1.29, 1.82) is 0 Å². The Morgan fingerprint density at radius 2 is 2.00 bits per heavy atom. The summed E-state index contributed by atoms with van der Waals surface area (Å²) in [6.45, 7) is 0.0913. The Hall–Kier alpha value is -3.15. The highest BCUT2D eigenvalue weighted by atomic mass is 19.1. The summed E-state index contributed by atoms with van der Waals surface area (Å²) in [7, 11) is 0. The van der Waals surface area contributed by atoms with Gasteiger partial charge in [0.2, 0.25) is 0 Å². The van der Waals surface area contributed by atoms with Crippen LogP contribution < -0.4 is 9.47 Å². The largest absolute Gasteiger partial charge is 0.493 e. The maximum Gasteiger partial charge on any atom is 0.306 e. The highest BCUT2D eigenvalue weighted by molar-refractivity contribution is 6.14. The summed E-state index contributed by atoms with van der Waals surface area (Å²) in [5.74, 6) is -1.20. The number of carbonyl (C=O) groups is 2. The predicted molar refractivity (Wildman–Crippen MR) is 88.4 cm³/mol. The zero-order valence-corrected chi connectivity index (χ0v) is 13.2. The number of ketones is 1. The van der Waals surface area contributed by atoms with Gasteiger partial charge >= 0.3 is 5.97 Å². The van der Waals surface area contributed by atoms with Gasteiger partial charge in [-0.15, -0.1) is 0 Å². The summed E-state index contributed by atoms with van der Waals surface area (Å²) >= 11 is 0. The van der Waals surface area contributed by atoms with Gasteiger partial charge in [0.05, 0.1) is 18.6 Å². The third kappa shape index (κ3) is 3.85. The van der Waals surface area contributed by atoms with E-state index in [1.54, 1.807) is 30.3 Å². The second-order valence-corrected chi connectivity index (χ2v) is 5.47. The minimum absolute atomic E-state index is 0.00360. The molecule has 3 rings (SSSR count). The van der Waals surface area contributed by atoms with Crippen LogP contribution in [0, 0.1) is 5.82 Å². The summed E-state index contributed by atoms with van der Waals surface area (Å²) in [6, 6.07) is 11.1. The van der Waals surface area contributed by atoms with Crippen LogP contribution in [-0.4, -0.2) is 30.1 Å². The van der Waals surface area contributed by atoms with Gasteiger partial charge in [-0.1, -0.05) is 18.2 Å². The van der Waals surface area contributed by atoms with Gasteiger partial charge in [-0.05, 0) is 35.9 Å². The number of hydrogen-bond acceptors (Lipinski definition) is 4. The van der Waals surface area contributed by atoms with E-state index in [1.165, 1.54) is 18.2 Å². The Morgan fingerprint density at radius 3 is 2.72 bits per heavy atom. The monoisotopic (exact) mass is 342 g/mol. The van der Waals surface area contributed by atoms with Crippen LogP contribution in [0.3, 0.4) is 0 Å². The van der Waals surface area contributed by atoms with Crippen LogP contribution in [0.25, 0.3) is 6.08 Å². The molecule has 128 valence electrons.